The number of carbonyl (C=O) groups is 1. The van der Waals surface area contributed by atoms with Gasteiger partial charge in [0.15, 0.2) is 6.29 Å². The maximum absolute atomic E-state index is 11.2. The standard InChI is InChI=1S/C14H25NO5/c1-17-13(16)10-12-11-15(5-8-18-12)6-9-20-14-4-2-3-7-19-14/h12,14H,2-11H2,1H3. The molecule has 0 radical (unpaired) electrons. The number of morpholine rings is 1. The topological polar surface area (TPSA) is 57.2 Å². The van der Waals surface area contributed by atoms with Gasteiger partial charge in [-0.25, -0.2) is 0 Å². The Morgan fingerprint density at radius 1 is 1.30 bits per heavy atom. The molecule has 2 fully saturated rings. The molecule has 0 saturated carbocycles. The van der Waals surface area contributed by atoms with E-state index in [-0.39, 0.29) is 18.4 Å². The molecule has 2 unspecified atom stereocenters. The molecule has 0 N–H and O–H groups in total. The minimum absolute atomic E-state index is 0.0318. The molecule has 20 heavy (non-hydrogen) atoms. The summed E-state index contributed by atoms with van der Waals surface area (Å²) in [7, 11) is 1.40. The summed E-state index contributed by atoms with van der Waals surface area (Å²) < 4.78 is 21.5. The summed E-state index contributed by atoms with van der Waals surface area (Å²) in [4.78, 5) is 13.5. The van der Waals surface area contributed by atoms with Crippen molar-refractivity contribution in [1.29, 1.82) is 0 Å². The lowest BCUT2D eigenvalue weighted by atomic mass is 10.2. The first-order valence-corrected chi connectivity index (χ1v) is 7.42. The number of ether oxygens (including phenoxy) is 4. The highest BCUT2D eigenvalue weighted by atomic mass is 16.7. The highest BCUT2D eigenvalue weighted by molar-refractivity contribution is 5.69. The molecule has 0 aromatic heterocycles. The monoisotopic (exact) mass is 287 g/mol. The van der Waals surface area contributed by atoms with Crippen molar-refractivity contribution in [3.63, 3.8) is 0 Å². The van der Waals surface area contributed by atoms with Crippen molar-refractivity contribution in [3.05, 3.63) is 0 Å². The Hall–Kier alpha value is -0.690. The molecule has 2 aliphatic rings. The zero-order chi connectivity index (χ0) is 14.2. The van der Waals surface area contributed by atoms with E-state index in [1.165, 1.54) is 13.5 Å². The zero-order valence-electron chi connectivity index (χ0n) is 12.2. The van der Waals surface area contributed by atoms with Crippen LogP contribution in [0.1, 0.15) is 25.7 Å². The summed E-state index contributed by atoms with van der Waals surface area (Å²) in [6.07, 6.45) is 3.54. The third kappa shape index (κ3) is 5.36. The maximum atomic E-state index is 11.2. The van der Waals surface area contributed by atoms with Gasteiger partial charge in [-0.05, 0) is 19.3 Å². The summed E-state index contributed by atoms with van der Waals surface area (Å²) in [5.41, 5.74) is 0. The SMILES string of the molecule is COC(=O)CC1CN(CCOC2CCCCO2)CCO1. The van der Waals surface area contributed by atoms with Gasteiger partial charge in [0.2, 0.25) is 0 Å². The molecule has 116 valence electrons. The second kappa shape index (κ2) is 8.56. The smallest absolute Gasteiger partial charge is 0.308 e. The molecule has 0 aliphatic carbocycles. The van der Waals surface area contributed by atoms with E-state index < -0.39 is 0 Å². The summed E-state index contributed by atoms with van der Waals surface area (Å²) in [6, 6.07) is 0. The Labute approximate surface area is 120 Å². The molecule has 2 heterocycles. The number of carbonyl (C=O) groups excluding carboxylic acids is 1. The average Bonchev–Trinajstić information content (AvgIpc) is 2.48. The fourth-order valence-electron chi connectivity index (χ4n) is 2.53. The van der Waals surface area contributed by atoms with Gasteiger partial charge in [0, 0.05) is 26.2 Å². The van der Waals surface area contributed by atoms with Crippen LogP contribution in [0.2, 0.25) is 0 Å². The van der Waals surface area contributed by atoms with E-state index in [9.17, 15) is 4.79 Å². The first-order chi connectivity index (χ1) is 9.78. The molecular formula is C14H25NO5. The second-order valence-electron chi connectivity index (χ2n) is 5.24. The lowest BCUT2D eigenvalue weighted by Gasteiger charge is -2.32. The fraction of sp³-hybridized carbons (Fsp3) is 0.929. The quantitative estimate of drug-likeness (QED) is 0.673. The van der Waals surface area contributed by atoms with Gasteiger partial charge in [-0.3, -0.25) is 9.69 Å². The summed E-state index contributed by atoms with van der Waals surface area (Å²) in [5, 5.41) is 0. The number of hydrogen-bond acceptors (Lipinski definition) is 6. The van der Waals surface area contributed by atoms with Gasteiger partial charge in [-0.2, -0.15) is 0 Å². The minimum Gasteiger partial charge on any atom is -0.469 e. The second-order valence-corrected chi connectivity index (χ2v) is 5.24. The molecule has 0 amide bonds. The molecule has 0 bridgehead atoms. The Kier molecular flexibility index (Phi) is 6.72. The van der Waals surface area contributed by atoms with Gasteiger partial charge < -0.3 is 18.9 Å². The highest BCUT2D eigenvalue weighted by Crippen LogP contribution is 2.14. The first-order valence-electron chi connectivity index (χ1n) is 7.42. The Morgan fingerprint density at radius 2 is 2.20 bits per heavy atom. The molecule has 6 heteroatoms. The number of methoxy groups -OCH3 is 1. The lowest BCUT2D eigenvalue weighted by Crippen LogP contribution is -2.45. The summed E-state index contributed by atoms with van der Waals surface area (Å²) in [6.45, 7) is 4.61. The summed E-state index contributed by atoms with van der Waals surface area (Å²) >= 11 is 0. The number of hydrogen-bond donors (Lipinski definition) is 0. The molecule has 6 nitrogen and oxygen atoms in total. The van der Waals surface area contributed by atoms with Crippen molar-refractivity contribution < 1.29 is 23.7 Å². The predicted molar refractivity (Wildman–Crippen MR) is 72.4 cm³/mol. The van der Waals surface area contributed by atoms with Crippen LogP contribution in [0.4, 0.5) is 0 Å². The van der Waals surface area contributed by atoms with Crippen molar-refractivity contribution >= 4 is 5.97 Å². The maximum Gasteiger partial charge on any atom is 0.308 e. The molecule has 0 aromatic rings. The van der Waals surface area contributed by atoms with E-state index >= 15 is 0 Å². The van der Waals surface area contributed by atoms with Gasteiger partial charge in [0.1, 0.15) is 0 Å². The molecule has 2 saturated heterocycles. The first kappa shape index (κ1) is 15.7. The van der Waals surface area contributed by atoms with E-state index in [0.717, 1.165) is 39.1 Å². The van der Waals surface area contributed by atoms with Crippen LogP contribution in [-0.4, -0.2) is 69.8 Å². The number of esters is 1. The van der Waals surface area contributed by atoms with Crippen molar-refractivity contribution in [2.24, 2.45) is 0 Å². The molecule has 2 aliphatic heterocycles. The van der Waals surface area contributed by atoms with E-state index in [1.807, 2.05) is 0 Å². The molecule has 0 aromatic carbocycles. The number of nitrogens with zero attached hydrogens (tertiary/aromatic N) is 1. The van der Waals surface area contributed by atoms with Crippen molar-refractivity contribution in [2.45, 2.75) is 38.1 Å². The van der Waals surface area contributed by atoms with Crippen LogP contribution >= 0.6 is 0 Å². The highest BCUT2D eigenvalue weighted by Gasteiger charge is 2.23. The Bertz CT molecular complexity index is 293. The van der Waals surface area contributed by atoms with Crippen LogP contribution in [0.5, 0.6) is 0 Å². The molecular weight excluding hydrogens is 262 g/mol. The minimum atomic E-state index is -0.219. The van der Waals surface area contributed by atoms with E-state index in [4.69, 9.17) is 14.2 Å². The Morgan fingerprint density at radius 3 is 2.95 bits per heavy atom. The molecule has 2 rings (SSSR count). The van der Waals surface area contributed by atoms with Crippen molar-refractivity contribution in [2.75, 3.05) is 46.6 Å². The molecule has 0 spiro atoms. The largest absolute Gasteiger partial charge is 0.469 e. The third-order valence-electron chi connectivity index (χ3n) is 3.69. The van der Waals surface area contributed by atoms with Crippen LogP contribution in [0.25, 0.3) is 0 Å². The van der Waals surface area contributed by atoms with Crippen LogP contribution in [0, 0.1) is 0 Å². The average molecular weight is 287 g/mol. The molecule has 2 atom stereocenters. The van der Waals surface area contributed by atoms with Gasteiger partial charge in [0.25, 0.3) is 0 Å². The number of rotatable bonds is 6. The van der Waals surface area contributed by atoms with Gasteiger partial charge >= 0.3 is 5.97 Å². The Balaban J connectivity index is 1.61. The fourth-order valence-corrected chi connectivity index (χ4v) is 2.53. The van der Waals surface area contributed by atoms with Crippen LogP contribution < -0.4 is 0 Å². The lowest BCUT2D eigenvalue weighted by molar-refractivity contribution is -0.166. The van der Waals surface area contributed by atoms with Crippen molar-refractivity contribution in [3.8, 4) is 0 Å². The van der Waals surface area contributed by atoms with Gasteiger partial charge in [-0.15, -0.1) is 0 Å². The van der Waals surface area contributed by atoms with E-state index in [2.05, 4.69) is 9.64 Å². The van der Waals surface area contributed by atoms with E-state index in [0.29, 0.717) is 19.6 Å². The van der Waals surface area contributed by atoms with E-state index in [1.54, 1.807) is 0 Å². The zero-order valence-corrected chi connectivity index (χ0v) is 12.2. The normalized spacial score (nSPS) is 28.2. The van der Waals surface area contributed by atoms with Gasteiger partial charge in [-0.1, -0.05) is 0 Å². The van der Waals surface area contributed by atoms with Crippen LogP contribution in [0.15, 0.2) is 0 Å². The summed E-state index contributed by atoms with van der Waals surface area (Å²) in [5.74, 6) is -0.219. The third-order valence-corrected chi connectivity index (χ3v) is 3.69. The van der Waals surface area contributed by atoms with Crippen LogP contribution in [-0.2, 0) is 23.7 Å². The predicted octanol–water partition coefficient (Wildman–Crippen LogP) is 0.794. The van der Waals surface area contributed by atoms with Crippen molar-refractivity contribution in [1.82, 2.24) is 4.90 Å². The van der Waals surface area contributed by atoms with Gasteiger partial charge in [0.05, 0.1) is 32.8 Å². The van der Waals surface area contributed by atoms with Crippen LogP contribution in [0.3, 0.4) is 0 Å².